The monoisotopic (exact) mass is 495 g/mol. The van der Waals surface area contributed by atoms with E-state index in [4.69, 9.17) is 9.47 Å². The number of esters is 2. The fraction of sp³-hybridized carbons (Fsp3) is 0.320. The summed E-state index contributed by atoms with van der Waals surface area (Å²) < 4.78 is 11.0. The molecule has 0 saturated carbocycles. The van der Waals surface area contributed by atoms with Crippen molar-refractivity contribution in [2.24, 2.45) is 0 Å². The molecule has 0 unspecified atom stereocenters. The number of benzene rings is 2. The molecule has 0 aliphatic carbocycles. The summed E-state index contributed by atoms with van der Waals surface area (Å²) in [7, 11) is 2.59. The fourth-order valence-electron chi connectivity index (χ4n) is 4.10. The third-order valence-electron chi connectivity index (χ3n) is 5.96. The van der Waals surface area contributed by atoms with Gasteiger partial charge in [-0.25, -0.2) is 9.78 Å². The van der Waals surface area contributed by atoms with Gasteiger partial charge in [0, 0.05) is 19.5 Å². The quantitative estimate of drug-likeness (QED) is 0.279. The van der Waals surface area contributed by atoms with Gasteiger partial charge in [0.1, 0.15) is 6.04 Å². The van der Waals surface area contributed by atoms with E-state index in [0.29, 0.717) is 22.5 Å². The van der Waals surface area contributed by atoms with Gasteiger partial charge in [0.15, 0.2) is 5.16 Å². The maximum Gasteiger partial charge on any atom is 0.328 e. The predicted octanol–water partition coefficient (Wildman–Crippen LogP) is 2.18. The first-order chi connectivity index (χ1) is 16.9. The first kappa shape index (κ1) is 24.5. The van der Waals surface area contributed by atoms with E-state index >= 15 is 0 Å². The standard InChI is InChI=1S/C25H25N3O6S/c1-33-22(30)11-12-27-23(31)18-9-5-6-10-19(18)26-25(27)35-15-21(29)28-14-17-8-4-3-7-16(17)13-20(28)24(32)34-2/h3-10,20H,11-15H2,1-2H3/t20-/m0/s1. The Morgan fingerprint density at radius 1 is 1.03 bits per heavy atom. The van der Waals surface area contributed by atoms with Gasteiger partial charge in [0.2, 0.25) is 5.91 Å². The van der Waals surface area contributed by atoms with E-state index in [9.17, 15) is 19.2 Å². The largest absolute Gasteiger partial charge is 0.469 e. The first-order valence-corrected chi connectivity index (χ1v) is 12.0. The van der Waals surface area contributed by atoms with Crippen molar-refractivity contribution in [3.05, 3.63) is 70.0 Å². The van der Waals surface area contributed by atoms with Gasteiger partial charge in [-0.15, -0.1) is 0 Å². The molecule has 1 amide bonds. The Morgan fingerprint density at radius 2 is 1.74 bits per heavy atom. The Kier molecular flexibility index (Phi) is 7.50. The molecule has 4 rings (SSSR count). The topological polar surface area (TPSA) is 108 Å². The van der Waals surface area contributed by atoms with Gasteiger partial charge >= 0.3 is 11.9 Å². The van der Waals surface area contributed by atoms with Crippen LogP contribution in [0.5, 0.6) is 0 Å². The number of carbonyl (C=O) groups excluding carboxylic acids is 3. The number of hydrogen-bond donors (Lipinski definition) is 0. The van der Waals surface area contributed by atoms with E-state index < -0.39 is 18.0 Å². The van der Waals surface area contributed by atoms with Crippen molar-refractivity contribution in [1.82, 2.24) is 14.5 Å². The number of carbonyl (C=O) groups is 3. The predicted molar refractivity (Wildman–Crippen MR) is 130 cm³/mol. The maximum absolute atomic E-state index is 13.3. The lowest BCUT2D eigenvalue weighted by molar-refractivity contribution is -0.153. The number of rotatable bonds is 7. The Morgan fingerprint density at radius 3 is 2.49 bits per heavy atom. The highest BCUT2D eigenvalue weighted by atomic mass is 32.2. The average molecular weight is 496 g/mol. The van der Waals surface area contributed by atoms with Crippen LogP contribution in [0.4, 0.5) is 0 Å². The molecule has 0 saturated heterocycles. The van der Waals surface area contributed by atoms with Gasteiger partial charge < -0.3 is 14.4 Å². The summed E-state index contributed by atoms with van der Waals surface area (Å²) in [6, 6.07) is 13.9. The Labute approximate surface area is 206 Å². The molecule has 1 aliphatic rings. The smallest absolute Gasteiger partial charge is 0.328 e. The van der Waals surface area contributed by atoms with E-state index in [0.717, 1.165) is 22.9 Å². The molecule has 2 aromatic carbocycles. The Bertz CT molecular complexity index is 1340. The summed E-state index contributed by atoms with van der Waals surface area (Å²) in [5, 5.41) is 0.740. The van der Waals surface area contributed by atoms with Gasteiger partial charge in [0.25, 0.3) is 5.56 Å². The number of para-hydroxylation sites is 1. The van der Waals surface area contributed by atoms with E-state index in [1.165, 1.54) is 23.7 Å². The van der Waals surface area contributed by atoms with Crippen LogP contribution in [-0.4, -0.2) is 58.3 Å². The van der Waals surface area contributed by atoms with E-state index in [1.54, 1.807) is 24.3 Å². The number of amides is 1. The zero-order valence-corrected chi connectivity index (χ0v) is 20.2. The number of hydrogen-bond acceptors (Lipinski definition) is 8. The Hall–Kier alpha value is -3.66. The number of thioether (sulfide) groups is 1. The van der Waals surface area contributed by atoms with Crippen molar-refractivity contribution < 1.29 is 23.9 Å². The number of aromatic nitrogens is 2. The minimum Gasteiger partial charge on any atom is -0.469 e. The molecule has 1 aliphatic heterocycles. The van der Waals surface area contributed by atoms with Crippen LogP contribution in [0.15, 0.2) is 58.5 Å². The van der Waals surface area contributed by atoms with Crippen LogP contribution >= 0.6 is 11.8 Å². The van der Waals surface area contributed by atoms with Crippen LogP contribution in [0.25, 0.3) is 10.9 Å². The van der Waals surface area contributed by atoms with Crippen LogP contribution in [0, 0.1) is 0 Å². The molecular formula is C25H25N3O6S. The second kappa shape index (κ2) is 10.7. The van der Waals surface area contributed by atoms with Crippen molar-refractivity contribution in [2.45, 2.75) is 37.1 Å². The molecular weight excluding hydrogens is 470 g/mol. The van der Waals surface area contributed by atoms with E-state index in [2.05, 4.69) is 4.98 Å². The minimum atomic E-state index is -0.728. The SMILES string of the molecule is COC(=O)CCn1c(SCC(=O)N2Cc3ccccc3C[C@H]2C(=O)OC)nc2ccccc2c1=O. The molecule has 0 bridgehead atoms. The second-order valence-corrected chi connectivity index (χ2v) is 8.96. The molecule has 0 fully saturated rings. The van der Waals surface area contributed by atoms with Crippen LogP contribution in [0.1, 0.15) is 17.5 Å². The van der Waals surface area contributed by atoms with E-state index in [-0.39, 0.29) is 36.7 Å². The van der Waals surface area contributed by atoms with Crippen molar-refractivity contribution in [3.63, 3.8) is 0 Å². The normalized spacial score (nSPS) is 14.9. The highest BCUT2D eigenvalue weighted by molar-refractivity contribution is 7.99. The van der Waals surface area contributed by atoms with Gasteiger partial charge in [-0.2, -0.15) is 0 Å². The van der Waals surface area contributed by atoms with Crippen LogP contribution in [0.3, 0.4) is 0 Å². The molecule has 1 atom stereocenters. The second-order valence-electron chi connectivity index (χ2n) is 8.02. The van der Waals surface area contributed by atoms with Gasteiger partial charge in [-0.1, -0.05) is 48.2 Å². The van der Waals surface area contributed by atoms with Gasteiger partial charge in [-0.3, -0.25) is 19.0 Å². The molecule has 3 aromatic rings. The van der Waals surface area contributed by atoms with Crippen molar-refractivity contribution in [2.75, 3.05) is 20.0 Å². The molecule has 0 N–H and O–H groups in total. The summed E-state index contributed by atoms with van der Waals surface area (Å²) in [5.74, 6) is -1.25. The number of fused-ring (bicyclic) bond motifs is 2. The number of ether oxygens (including phenoxy) is 2. The summed E-state index contributed by atoms with van der Waals surface area (Å²) in [5.41, 5.74) is 2.19. The number of methoxy groups -OCH3 is 2. The van der Waals surface area contributed by atoms with Crippen molar-refractivity contribution >= 4 is 40.5 Å². The molecule has 0 spiro atoms. The lowest BCUT2D eigenvalue weighted by atomic mass is 9.94. The number of nitrogens with zero attached hydrogens (tertiary/aromatic N) is 3. The average Bonchev–Trinajstić information content (AvgIpc) is 2.89. The van der Waals surface area contributed by atoms with Crippen LogP contribution < -0.4 is 5.56 Å². The summed E-state index contributed by atoms with van der Waals surface area (Å²) in [6.45, 7) is 0.359. The molecule has 0 radical (unpaired) electrons. The summed E-state index contributed by atoms with van der Waals surface area (Å²) >= 11 is 1.10. The Balaban J connectivity index is 1.60. The third-order valence-corrected chi connectivity index (χ3v) is 6.92. The van der Waals surface area contributed by atoms with Gasteiger partial charge in [0.05, 0.1) is 37.3 Å². The van der Waals surface area contributed by atoms with Crippen molar-refractivity contribution in [1.29, 1.82) is 0 Å². The molecule has 10 heteroatoms. The minimum absolute atomic E-state index is 0.00867. The zero-order chi connectivity index (χ0) is 24.9. The highest BCUT2D eigenvalue weighted by Crippen LogP contribution is 2.26. The van der Waals surface area contributed by atoms with Crippen LogP contribution in [-0.2, 0) is 43.4 Å². The lowest BCUT2D eigenvalue weighted by Gasteiger charge is -2.35. The van der Waals surface area contributed by atoms with Crippen molar-refractivity contribution in [3.8, 4) is 0 Å². The van der Waals surface area contributed by atoms with E-state index in [1.807, 2.05) is 24.3 Å². The summed E-state index contributed by atoms with van der Waals surface area (Å²) in [6.07, 6.45) is 0.364. The molecule has 35 heavy (non-hydrogen) atoms. The fourth-order valence-corrected chi connectivity index (χ4v) is 5.01. The highest BCUT2D eigenvalue weighted by Gasteiger charge is 2.35. The molecule has 2 heterocycles. The maximum atomic E-state index is 13.3. The zero-order valence-electron chi connectivity index (χ0n) is 19.4. The molecule has 9 nitrogen and oxygen atoms in total. The first-order valence-electron chi connectivity index (χ1n) is 11.1. The molecule has 182 valence electrons. The van der Waals surface area contributed by atoms with Gasteiger partial charge in [-0.05, 0) is 23.3 Å². The molecule has 1 aromatic heterocycles. The third kappa shape index (κ3) is 5.22. The lowest BCUT2D eigenvalue weighted by Crippen LogP contribution is -2.49. The summed E-state index contributed by atoms with van der Waals surface area (Å²) in [4.78, 5) is 56.7. The van der Waals surface area contributed by atoms with Crippen LogP contribution in [0.2, 0.25) is 0 Å².